The van der Waals surface area contributed by atoms with Crippen molar-refractivity contribution < 1.29 is 9.84 Å². The first-order chi connectivity index (χ1) is 9.40. The summed E-state index contributed by atoms with van der Waals surface area (Å²) in [6, 6.07) is 18.0. The molecule has 0 aromatic heterocycles. The monoisotopic (exact) mass is 254 g/mol. The van der Waals surface area contributed by atoms with Crippen molar-refractivity contribution in [2.24, 2.45) is 0 Å². The number of aliphatic hydroxyl groups excluding tert-OH is 1. The van der Waals surface area contributed by atoms with Gasteiger partial charge in [-0.3, -0.25) is 0 Å². The van der Waals surface area contributed by atoms with Gasteiger partial charge in [0.25, 0.3) is 0 Å². The van der Waals surface area contributed by atoms with Crippen LogP contribution in [0.5, 0.6) is 5.75 Å². The van der Waals surface area contributed by atoms with E-state index in [0.717, 1.165) is 16.9 Å². The quantitative estimate of drug-likeness (QED) is 0.852. The lowest BCUT2D eigenvalue weighted by Gasteiger charge is -2.09. The Morgan fingerprint density at radius 1 is 0.947 bits per heavy atom. The van der Waals surface area contributed by atoms with E-state index in [-0.39, 0.29) is 6.61 Å². The van der Waals surface area contributed by atoms with Gasteiger partial charge in [0.2, 0.25) is 0 Å². The average molecular weight is 254 g/mol. The molecule has 19 heavy (non-hydrogen) atoms. The van der Waals surface area contributed by atoms with Gasteiger partial charge in [0.1, 0.15) is 12.4 Å². The zero-order valence-electron chi connectivity index (χ0n) is 10.8. The molecule has 0 atom stereocenters. The molecule has 0 radical (unpaired) electrons. The van der Waals surface area contributed by atoms with Crippen LogP contribution < -0.4 is 4.74 Å². The van der Waals surface area contributed by atoms with Crippen LogP contribution in [0.2, 0.25) is 0 Å². The second kappa shape index (κ2) is 7.39. The molecule has 0 heterocycles. The van der Waals surface area contributed by atoms with Gasteiger partial charge in [-0.25, -0.2) is 0 Å². The van der Waals surface area contributed by atoms with Gasteiger partial charge >= 0.3 is 0 Å². The highest BCUT2D eigenvalue weighted by Crippen LogP contribution is 2.20. The highest BCUT2D eigenvalue weighted by Gasteiger charge is 2.00. The minimum Gasteiger partial charge on any atom is -0.488 e. The van der Waals surface area contributed by atoms with Crippen LogP contribution in [0, 0.1) is 0 Å². The van der Waals surface area contributed by atoms with E-state index in [1.54, 1.807) is 0 Å². The van der Waals surface area contributed by atoms with Gasteiger partial charge in [0.05, 0.1) is 0 Å². The summed E-state index contributed by atoms with van der Waals surface area (Å²) in [7, 11) is 0. The maximum absolute atomic E-state index is 8.78. The second-order valence-corrected chi connectivity index (χ2v) is 4.23. The molecule has 0 amide bonds. The zero-order valence-corrected chi connectivity index (χ0v) is 10.8. The molecular formula is C17H18O2. The van der Waals surface area contributed by atoms with Crippen LogP contribution >= 0.6 is 0 Å². The van der Waals surface area contributed by atoms with E-state index in [1.807, 2.05) is 66.7 Å². The van der Waals surface area contributed by atoms with Crippen molar-refractivity contribution in [1.82, 2.24) is 0 Å². The lowest BCUT2D eigenvalue weighted by molar-refractivity contribution is 0.302. The highest BCUT2D eigenvalue weighted by molar-refractivity contribution is 5.57. The fraction of sp³-hybridized carbons (Fsp3) is 0.176. The Labute approximate surface area is 114 Å². The predicted molar refractivity (Wildman–Crippen MR) is 78.0 cm³/mol. The van der Waals surface area contributed by atoms with Crippen molar-refractivity contribution >= 4 is 6.08 Å². The maximum Gasteiger partial charge on any atom is 0.127 e. The van der Waals surface area contributed by atoms with Gasteiger partial charge in [0.15, 0.2) is 0 Å². The third kappa shape index (κ3) is 4.27. The third-order valence-electron chi connectivity index (χ3n) is 2.75. The normalized spacial score (nSPS) is 10.8. The summed E-state index contributed by atoms with van der Waals surface area (Å²) in [4.78, 5) is 0. The molecule has 2 aromatic carbocycles. The molecule has 1 N–H and O–H groups in total. The molecule has 0 aliphatic heterocycles. The Bertz CT molecular complexity index is 518. The van der Waals surface area contributed by atoms with Gasteiger partial charge in [-0.1, -0.05) is 60.7 Å². The zero-order chi connectivity index (χ0) is 13.3. The topological polar surface area (TPSA) is 29.5 Å². The van der Waals surface area contributed by atoms with Crippen molar-refractivity contribution in [2.45, 2.75) is 13.0 Å². The number of hydrogen-bond acceptors (Lipinski definition) is 2. The van der Waals surface area contributed by atoms with E-state index in [4.69, 9.17) is 9.84 Å². The molecule has 98 valence electrons. The lowest BCUT2D eigenvalue weighted by Crippen LogP contribution is -1.96. The summed E-state index contributed by atoms with van der Waals surface area (Å²) in [6.07, 6.45) is 4.59. The van der Waals surface area contributed by atoms with Crippen molar-refractivity contribution in [2.75, 3.05) is 6.61 Å². The van der Waals surface area contributed by atoms with Crippen LogP contribution in [-0.4, -0.2) is 11.7 Å². The largest absolute Gasteiger partial charge is 0.488 e. The molecule has 0 spiro atoms. The van der Waals surface area contributed by atoms with Gasteiger partial charge in [-0.05, 0) is 18.1 Å². The highest BCUT2D eigenvalue weighted by atomic mass is 16.5. The molecule has 0 saturated heterocycles. The minimum atomic E-state index is 0.170. The summed E-state index contributed by atoms with van der Waals surface area (Å²) >= 11 is 0. The van der Waals surface area contributed by atoms with E-state index >= 15 is 0 Å². The summed E-state index contributed by atoms with van der Waals surface area (Å²) in [5, 5.41) is 8.78. The van der Waals surface area contributed by atoms with Gasteiger partial charge in [0, 0.05) is 12.2 Å². The van der Waals surface area contributed by atoms with Crippen LogP contribution in [0.25, 0.3) is 6.08 Å². The Morgan fingerprint density at radius 3 is 2.47 bits per heavy atom. The van der Waals surface area contributed by atoms with Crippen molar-refractivity contribution in [3.8, 4) is 5.75 Å². The van der Waals surface area contributed by atoms with Crippen molar-refractivity contribution in [3.63, 3.8) is 0 Å². The van der Waals surface area contributed by atoms with E-state index in [1.165, 1.54) is 0 Å². The Balaban J connectivity index is 2.03. The summed E-state index contributed by atoms with van der Waals surface area (Å²) in [6.45, 7) is 0.731. The number of hydrogen-bond donors (Lipinski definition) is 1. The van der Waals surface area contributed by atoms with Gasteiger partial charge in [-0.2, -0.15) is 0 Å². The van der Waals surface area contributed by atoms with Crippen LogP contribution in [0.15, 0.2) is 60.7 Å². The number of rotatable bonds is 6. The SMILES string of the molecule is OCCC=Cc1ccccc1OCc1ccccc1. The maximum atomic E-state index is 8.78. The molecule has 0 aliphatic rings. The number of benzene rings is 2. The standard InChI is InChI=1S/C17H18O2/c18-13-7-6-11-16-10-4-5-12-17(16)19-14-15-8-2-1-3-9-15/h1-6,8-12,18H,7,13-14H2. The fourth-order valence-corrected chi connectivity index (χ4v) is 1.77. The third-order valence-corrected chi connectivity index (χ3v) is 2.75. The predicted octanol–water partition coefficient (Wildman–Crippen LogP) is 3.66. The van der Waals surface area contributed by atoms with Gasteiger partial charge in [-0.15, -0.1) is 0 Å². The first-order valence-corrected chi connectivity index (χ1v) is 6.43. The Morgan fingerprint density at radius 2 is 1.68 bits per heavy atom. The van der Waals surface area contributed by atoms with Crippen molar-refractivity contribution in [1.29, 1.82) is 0 Å². The molecule has 2 nitrogen and oxygen atoms in total. The average Bonchev–Trinajstić information content (AvgIpc) is 2.48. The molecule has 0 unspecified atom stereocenters. The molecule has 2 heteroatoms. The van der Waals surface area contributed by atoms with Crippen molar-refractivity contribution in [3.05, 3.63) is 71.8 Å². The first kappa shape index (κ1) is 13.4. The van der Waals surface area contributed by atoms with Crippen LogP contribution in [-0.2, 0) is 6.61 Å². The summed E-state index contributed by atoms with van der Waals surface area (Å²) in [5.74, 6) is 0.862. The van der Waals surface area contributed by atoms with Crippen LogP contribution in [0.3, 0.4) is 0 Å². The molecule has 2 aromatic rings. The molecule has 2 rings (SSSR count). The summed E-state index contributed by atoms with van der Waals surface area (Å²) < 4.78 is 5.84. The molecular weight excluding hydrogens is 236 g/mol. The Hall–Kier alpha value is -2.06. The fourth-order valence-electron chi connectivity index (χ4n) is 1.77. The minimum absolute atomic E-state index is 0.170. The lowest BCUT2D eigenvalue weighted by atomic mass is 10.1. The molecule has 0 saturated carbocycles. The number of para-hydroxylation sites is 1. The van der Waals surface area contributed by atoms with Crippen LogP contribution in [0.4, 0.5) is 0 Å². The number of ether oxygens (including phenoxy) is 1. The number of aliphatic hydroxyl groups is 1. The second-order valence-electron chi connectivity index (χ2n) is 4.23. The molecule has 0 bridgehead atoms. The first-order valence-electron chi connectivity index (χ1n) is 6.43. The van der Waals surface area contributed by atoms with E-state index in [0.29, 0.717) is 13.0 Å². The van der Waals surface area contributed by atoms with E-state index in [9.17, 15) is 0 Å². The van der Waals surface area contributed by atoms with Gasteiger partial charge < -0.3 is 9.84 Å². The smallest absolute Gasteiger partial charge is 0.127 e. The molecule has 0 fully saturated rings. The van der Waals surface area contributed by atoms with E-state index in [2.05, 4.69) is 0 Å². The summed E-state index contributed by atoms with van der Waals surface area (Å²) in [5.41, 5.74) is 2.18. The van der Waals surface area contributed by atoms with Crippen LogP contribution in [0.1, 0.15) is 17.5 Å². The Kier molecular flexibility index (Phi) is 5.20. The molecule has 0 aliphatic carbocycles. The van der Waals surface area contributed by atoms with E-state index < -0.39 is 0 Å².